The number of nitrogens with one attached hydrogen (secondary N) is 3. The van der Waals surface area contributed by atoms with Crippen LogP contribution >= 0.6 is 25.6 Å². The Morgan fingerprint density at radius 3 is 1.25 bits per heavy atom. The number of fused-ring (bicyclic) bond motifs is 5. The number of carbonyl (C=O) groups is 3. The summed E-state index contributed by atoms with van der Waals surface area (Å²) in [5.41, 5.74) is 3.11. The van der Waals surface area contributed by atoms with E-state index in [1.807, 2.05) is 33.9 Å². The van der Waals surface area contributed by atoms with Crippen molar-refractivity contribution in [1.82, 2.24) is 58.3 Å². The van der Waals surface area contributed by atoms with Crippen LogP contribution in [0, 0.1) is 17.2 Å². The molecule has 10 aliphatic heterocycles. The summed E-state index contributed by atoms with van der Waals surface area (Å²) in [5.74, 6) is 0.235. The second-order valence-electron chi connectivity index (χ2n) is 40.2. The molecule has 9 fully saturated rings. The van der Waals surface area contributed by atoms with Gasteiger partial charge in [0.1, 0.15) is 84.6 Å². The zero-order valence-corrected chi connectivity index (χ0v) is 91.7. The van der Waals surface area contributed by atoms with Gasteiger partial charge in [0.2, 0.25) is 23.6 Å². The molecule has 21 rings (SSSR count). The zero-order valence-electron chi connectivity index (χ0n) is 86.1. The van der Waals surface area contributed by atoms with Crippen molar-refractivity contribution in [2.75, 3.05) is 58.2 Å². The van der Waals surface area contributed by atoms with E-state index in [0.29, 0.717) is 63.7 Å². The van der Waals surface area contributed by atoms with Gasteiger partial charge in [0, 0.05) is 89.9 Å². The molecule has 10 aliphatic rings. The van der Waals surface area contributed by atoms with Crippen LogP contribution in [-0.4, -0.2) is 246 Å². The van der Waals surface area contributed by atoms with E-state index < -0.39 is 92.9 Å². The van der Waals surface area contributed by atoms with Gasteiger partial charge in [-0.15, -0.1) is 0 Å². The molecule has 778 valence electrons. The van der Waals surface area contributed by atoms with Crippen molar-refractivity contribution in [3.05, 3.63) is 267 Å². The van der Waals surface area contributed by atoms with Crippen molar-refractivity contribution >= 4 is 138 Å². The minimum atomic E-state index is -2.17. The van der Waals surface area contributed by atoms with E-state index in [9.17, 15) is 14.4 Å². The Hall–Kier alpha value is -10.3. The van der Waals surface area contributed by atoms with Gasteiger partial charge in [0.15, 0.2) is 35.5 Å². The largest absolute Gasteiger partial charge is 0.475 e. The average Bonchev–Trinajstić information content (AvgIpc) is 1.59. The number of rotatable bonds is 34. The van der Waals surface area contributed by atoms with E-state index in [2.05, 4.69) is 295 Å². The number of imidazole rings is 2. The van der Waals surface area contributed by atoms with E-state index in [0.717, 1.165) is 89.1 Å². The number of methoxy groups -OCH3 is 3. The molecule has 148 heavy (non-hydrogen) atoms. The van der Waals surface area contributed by atoms with Crippen LogP contribution in [0.15, 0.2) is 267 Å². The van der Waals surface area contributed by atoms with Crippen LogP contribution < -0.4 is 51.8 Å². The summed E-state index contributed by atoms with van der Waals surface area (Å²) in [7, 11) is -5.37. The van der Waals surface area contributed by atoms with Crippen molar-refractivity contribution in [2.24, 2.45) is 10.9 Å². The lowest BCUT2D eigenvalue weighted by atomic mass is 10.1. The second-order valence-corrected chi connectivity index (χ2v) is 57.1. The number of benzene rings is 7. The number of carbonyl (C=O) groups excluding carboxylic acids is 3. The summed E-state index contributed by atoms with van der Waals surface area (Å²) in [6.07, 6.45) is 13.0. The van der Waals surface area contributed by atoms with Gasteiger partial charge in [-0.3, -0.25) is 28.8 Å². The molecule has 0 aliphatic carbocycles. The van der Waals surface area contributed by atoms with Crippen molar-refractivity contribution in [3.8, 4) is 11.9 Å². The molecule has 0 bridgehead atoms. The second kappa shape index (κ2) is 47.7. The van der Waals surface area contributed by atoms with Gasteiger partial charge in [-0.2, -0.15) is 15.2 Å². The van der Waals surface area contributed by atoms with Crippen molar-refractivity contribution in [1.29, 1.82) is 5.26 Å². The number of aromatic nitrogens is 7. The standard InChI is InChI=1S/C39H44N5O5PSi.C38H48N7O6PSi.C33H43N4O5PSi/c1-4-32-35(36(46-2)39(47-32)43-26-41-34-30(22-23-40-37(34)43)42-38(45)27-15-8-5-9-16-27)49-50-44-24-14-21-31(44)33(48-50)25-51(3,28-17-10-6-11-18-28)29-19-12-7-13-20-29;1-6-29-32(33(47-4)37(49-29)44-24-40-31-34(44)41-38(42-35(46)25(2)3)43-36(31)48-22-14-20-39)51-52-45-21-13-19-28(45)30(50-52)23-53(5,26-15-9-7-10-16-26)27-17-11-8-12-18-27;1-6-28-31(32(39-4)33(40-28)36-21-19-30(34-23(36)2)35-24(3)38)42-43-37-20-13-18-27(37)29(41-43)22-44(5,25-14-9-7-10-15-25)26-16-11-8-12-17-26/h5-13,15-20,22-23,26,31-33,35-36,39H,4,14,21,24-25H2,1-3H3,(H,40,42,45);7-12,15-18,24-25,28-30,32-33,37H,6,13-14,19,21-23H2,1-5H3,(H,41,42,43,46);7-12,14-17,19,21,27-29,31-33H,2,6,13,18,20,22H2,1,3-5H3,(H,34,35,38)/t31-,32+,33+,35?,36-,39+,50+;28-,29+,30+,32?,33-,37+,52+;27-,28+,29+,31?,32-,33+,43+/m000/s1. The molecule has 3 amide bonds. The summed E-state index contributed by atoms with van der Waals surface area (Å²) in [4.78, 5) is 66.5. The number of hydrogen-bond donors (Lipinski definition) is 3. The van der Waals surface area contributed by atoms with Gasteiger partial charge in [0.25, 0.3) is 31.5 Å². The van der Waals surface area contributed by atoms with Crippen molar-refractivity contribution in [3.63, 3.8) is 0 Å². The monoisotopic (exact) mass is 2110 g/mol. The number of nitrogens with zero attached hydrogens (tertiary/aromatic N) is 13. The Morgan fingerprint density at radius 1 is 0.486 bits per heavy atom. The summed E-state index contributed by atoms with van der Waals surface area (Å²) < 4.78 is 97.3. The van der Waals surface area contributed by atoms with Gasteiger partial charge in [-0.25, -0.2) is 34.0 Å². The van der Waals surface area contributed by atoms with E-state index in [1.165, 1.54) is 38.0 Å². The van der Waals surface area contributed by atoms with E-state index in [1.54, 1.807) is 82.9 Å². The van der Waals surface area contributed by atoms with Gasteiger partial charge in [-0.1, -0.05) is 292 Å². The smallest absolute Gasteiger partial charge is 0.259 e. The molecule has 3 N–H and O–H groups in total. The van der Waals surface area contributed by atoms with Crippen LogP contribution in [0.25, 0.3) is 22.3 Å². The van der Waals surface area contributed by atoms with Crippen LogP contribution in [0.5, 0.6) is 5.88 Å². The predicted octanol–water partition coefficient (Wildman–Crippen LogP) is 16.1. The lowest BCUT2D eigenvalue weighted by molar-refractivity contribution is -0.119. The molecular weight excluding hydrogens is 1980 g/mol. The minimum absolute atomic E-state index is 0.0353. The number of amides is 3. The van der Waals surface area contributed by atoms with Gasteiger partial charge >= 0.3 is 0 Å². The Kier molecular flexibility index (Phi) is 34.2. The van der Waals surface area contributed by atoms with Gasteiger partial charge in [-0.05, 0) is 100 Å². The SMILES string of the molecule is C=C1N=C(NC(C)=O)C=CN1[C@@H]1O[C@H](CC)C(O[P@@]2O[C@H](C[Si](C)(c3ccccc3)c3ccccc3)[C@@H]3CCCN32)[C@@H]1OC.CC[C@H]1O[C@@H](n2cnc3c(NC(=O)c4ccccc4)ccnc32)[C@@H](OC)C1O[P@@]1O[C@H](C[Si](C)(c2ccccc2)c2ccccc2)[C@@H]2CCCN21.CC[C@H]1O[C@@H](n2cnc3c(OCCC#N)nc(NC(=O)C(C)C)nc32)[C@@H](OC)C1O[P@@]1O[C@H](C[Si](C)(c2ccccc2)c2ccccc2)[C@@H]2CCCN21. The molecule has 0 saturated carbocycles. The number of hydrogen-bond acceptors (Lipinski definition) is 27. The third kappa shape index (κ3) is 22.2. The minimum Gasteiger partial charge on any atom is -0.475 e. The molecule has 0 radical (unpaired) electrons. The molecule has 11 aromatic rings. The first-order valence-electron chi connectivity index (χ1n) is 51.9. The number of anilines is 2. The quantitative estimate of drug-likeness (QED) is 0.0192. The van der Waals surface area contributed by atoms with Crippen LogP contribution in [0.3, 0.4) is 0 Å². The molecule has 4 aromatic heterocycles. The maximum absolute atomic E-state index is 13.0. The number of amidine groups is 1. The highest BCUT2D eigenvalue weighted by Crippen LogP contribution is 2.63. The summed E-state index contributed by atoms with van der Waals surface area (Å²) >= 11 is 0. The van der Waals surface area contributed by atoms with Crippen LogP contribution in [-0.2, 0) is 65.2 Å². The fourth-order valence-corrected chi connectivity index (χ4v) is 40.6. The number of nitriles is 1. The first-order chi connectivity index (χ1) is 72.0. The first kappa shape index (κ1) is 106. The van der Waals surface area contributed by atoms with Crippen molar-refractivity contribution in [2.45, 2.75) is 254 Å². The highest BCUT2D eigenvalue weighted by atomic mass is 31.2. The lowest BCUT2D eigenvalue weighted by Gasteiger charge is -2.33. The Bertz CT molecular complexity index is 6350. The van der Waals surface area contributed by atoms with E-state index in [4.69, 9.17) is 65.6 Å². The zero-order chi connectivity index (χ0) is 103. The molecule has 32 nitrogen and oxygen atoms in total. The molecule has 3 unspecified atom stereocenters. The average molecular weight is 2110 g/mol. The Balaban J connectivity index is 0.000000140. The summed E-state index contributed by atoms with van der Waals surface area (Å²) in [6.45, 7) is 25.8. The fraction of sp³-hybridized carbons (Fsp3) is 0.436. The fourth-order valence-electron chi connectivity index (χ4n) is 22.7. The Morgan fingerprint density at radius 2 is 0.872 bits per heavy atom. The van der Waals surface area contributed by atoms with E-state index >= 15 is 0 Å². The molecule has 0 spiro atoms. The molecule has 9 saturated heterocycles. The Labute approximate surface area is 873 Å². The molecule has 14 heterocycles. The molecule has 38 heteroatoms. The third-order valence-corrected chi connectivity index (χ3v) is 49.3. The summed E-state index contributed by atoms with van der Waals surface area (Å²) in [6, 6.07) is 82.6. The highest BCUT2D eigenvalue weighted by Gasteiger charge is 2.60. The van der Waals surface area contributed by atoms with Gasteiger partial charge in [0.05, 0.1) is 67.5 Å². The number of pyridine rings is 1. The maximum Gasteiger partial charge on any atom is 0.259 e. The number of aliphatic imine (C=N–C) groups is 1. The van der Waals surface area contributed by atoms with Gasteiger partial charge < -0.3 is 75.8 Å². The first-order valence-corrected chi connectivity index (χ1v) is 63.4. The molecular formula is C110H135N16O16P3Si3. The summed E-state index contributed by atoms with van der Waals surface area (Å²) in [5, 5.41) is 26.1. The maximum atomic E-state index is 13.0. The molecule has 21 atom stereocenters. The number of ether oxygens (including phenoxy) is 7. The van der Waals surface area contributed by atoms with Crippen LogP contribution in [0.2, 0.25) is 37.8 Å². The van der Waals surface area contributed by atoms with Crippen LogP contribution in [0.4, 0.5) is 11.6 Å². The normalized spacial score (nSPS) is 27.4. The predicted molar refractivity (Wildman–Crippen MR) is 582 cm³/mol. The highest BCUT2D eigenvalue weighted by molar-refractivity contribution is 7.45. The third-order valence-electron chi connectivity index (χ3n) is 30.6. The van der Waals surface area contributed by atoms with Crippen molar-refractivity contribution < 1.29 is 74.7 Å². The topological polar surface area (TPSA) is 331 Å². The van der Waals surface area contributed by atoms with Crippen LogP contribution in [0.1, 0.15) is 129 Å². The van der Waals surface area contributed by atoms with E-state index in [-0.39, 0.29) is 103 Å². The molecule has 7 aromatic carbocycles. The lowest BCUT2D eigenvalue weighted by Crippen LogP contribution is -2.58.